The van der Waals surface area contributed by atoms with Crippen LogP contribution >= 0.6 is 11.6 Å². The lowest BCUT2D eigenvalue weighted by Gasteiger charge is -2.09. The van der Waals surface area contributed by atoms with Crippen LogP contribution in [0.5, 0.6) is 0 Å². The standard InChI is InChI=1S/C12H15ClN4/c1-3-14-12-5-4-10(13)11(16-12)8-17-7-6-15-9(17)2/h4-7H,3,8H2,1-2H3,(H,14,16). The molecule has 2 heterocycles. The number of aryl methyl sites for hydroxylation is 1. The molecule has 17 heavy (non-hydrogen) atoms. The van der Waals surface area contributed by atoms with Crippen molar-refractivity contribution in [1.82, 2.24) is 14.5 Å². The summed E-state index contributed by atoms with van der Waals surface area (Å²) >= 11 is 6.14. The zero-order valence-corrected chi connectivity index (χ0v) is 10.7. The van der Waals surface area contributed by atoms with Crippen LogP contribution in [0.1, 0.15) is 18.4 Å². The normalized spacial score (nSPS) is 10.5. The van der Waals surface area contributed by atoms with E-state index >= 15 is 0 Å². The van der Waals surface area contributed by atoms with Gasteiger partial charge in [-0.2, -0.15) is 0 Å². The molecule has 0 unspecified atom stereocenters. The van der Waals surface area contributed by atoms with Crippen LogP contribution in [0.4, 0.5) is 5.82 Å². The lowest BCUT2D eigenvalue weighted by molar-refractivity contribution is 0.743. The summed E-state index contributed by atoms with van der Waals surface area (Å²) in [4.78, 5) is 8.66. The van der Waals surface area contributed by atoms with Crippen molar-refractivity contribution in [3.63, 3.8) is 0 Å². The van der Waals surface area contributed by atoms with Gasteiger partial charge in [0.15, 0.2) is 0 Å². The monoisotopic (exact) mass is 250 g/mol. The molecular weight excluding hydrogens is 236 g/mol. The predicted molar refractivity (Wildman–Crippen MR) is 69.5 cm³/mol. The Morgan fingerprint density at radius 1 is 1.41 bits per heavy atom. The van der Waals surface area contributed by atoms with E-state index in [0.29, 0.717) is 11.6 Å². The molecule has 0 atom stereocenters. The van der Waals surface area contributed by atoms with Crippen molar-refractivity contribution in [2.24, 2.45) is 0 Å². The van der Waals surface area contributed by atoms with Crippen molar-refractivity contribution >= 4 is 17.4 Å². The molecule has 90 valence electrons. The van der Waals surface area contributed by atoms with Crippen LogP contribution in [-0.4, -0.2) is 21.1 Å². The highest BCUT2D eigenvalue weighted by Gasteiger charge is 2.06. The maximum Gasteiger partial charge on any atom is 0.126 e. The van der Waals surface area contributed by atoms with E-state index in [-0.39, 0.29) is 0 Å². The van der Waals surface area contributed by atoms with Crippen LogP contribution in [0, 0.1) is 6.92 Å². The first-order chi connectivity index (χ1) is 8.20. The summed E-state index contributed by atoms with van der Waals surface area (Å²) in [6.45, 7) is 5.49. The van der Waals surface area contributed by atoms with E-state index in [2.05, 4.69) is 15.3 Å². The summed E-state index contributed by atoms with van der Waals surface area (Å²) in [6.07, 6.45) is 3.70. The van der Waals surface area contributed by atoms with Crippen LogP contribution < -0.4 is 5.32 Å². The minimum absolute atomic E-state index is 0.643. The number of hydrogen-bond acceptors (Lipinski definition) is 3. The van der Waals surface area contributed by atoms with Crippen LogP contribution in [0.3, 0.4) is 0 Å². The van der Waals surface area contributed by atoms with Crippen molar-refractivity contribution in [3.8, 4) is 0 Å². The average Bonchev–Trinajstić information content (AvgIpc) is 2.70. The number of nitrogens with one attached hydrogen (secondary N) is 1. The highest BCUT2D eigenvalue weighted by Crippen LogP contribution is 2.18. The molecule has 0 aliphatic rings. The summed E-state index contributed by atoms with van der Waals surface area (Å²) in [5.41, 5.74) is 0.853. The SMILES string of the molecule is CCNc1ccc(Cl)c(Cn2ccnc2C)n1. The van der Waals surface area contributed by atoms with Crippen molar-refractivity contribution < 1.29 is 0 Å². The van der Waals surface area contributed by atoms with Crippen LogP contribution in [0.2, 0.25) is 5.02 Å². The number of pyridine rings is 1. The van der Waals surface area contributed by atoms with Crippen molar-refractivity contribution in [2.75, 3.05) is 11.9 Å². The molecule has 1 N–H and O–H groups in total. The first-order valence-corrected chi connectivity index (χ1v) is 5.95. The molecule has 2 rings (SSSR count). The largest absolute Gasteiger partial charge is 0.370 e. The lowest BCUT2D eigenvalue weighted by Crippen LogP contribution is -2.06. The van der Waals surface area contributed by atoms with Gasteiger partial charge in [-0.3, -0.25) is 0 Å². The Balaban J connectivity index is 2.25. The van der Waals surface area contributed by atoms with Gasteiger partial charge < -0.3 is 9.88 Å². The quantitative estimate of drug-likeness (QED) is 0.907. The van der Waals surface area contributed by atoms with Gasteiger partial charge in [0.1, 0.15) is 11.6 Å². The van der Waals surface area contributed by atoms with Crippen molar-refractivity contribution in [1.29, 1.82) is 0 Å². The molecule has 5 heteroatoms. The van der Waals surface area contributed by atoms with Gasteiger partial charge in [-0.25, -0.2) is 9.97 Å². The number of halogens is 1. The number of nitrogens with zero attached hydrogens (tertiary/aromatic N) is 3. The third kappa shape index (κ3) is 2.77. The Labute approximate surface area is 106 Å². The van der Waals surface area contributed by atoms with Gasteiger partial charge in [0.25, 0.3) is 0 Å². The molecule has 0 amide bonds. The van der Waals surface area contributed by atoms with Gasteiger partial charge in [-0.1, -0.05) is 11.6 Å². The third-order valence-corrected chi connectivity index (χ3v) is 2.86. The van der Waals surface area contributed by atoms with Crippen LogP contribution in [0.25, 0.3) is 0 Å². The first kappa shape index (κ1) is 11.9. The second-order valence-electron chi connectivity index (χ2n) is 3.76. The summed E-state index contributed by atoms with van der Waals surface area (Å²) in [7, 11) is 0. The number of rotatable bonds is 4. The molecule has 0 aliphatic carbocycles. The smallest absolute Gasteiger partial charge is 0.126 e. The molecule has 0 aromatic carbocycles. The molecule has 0 bridgehead atoms. The van der Waals surface area contributed by atoms with Gasteiger partial charge in [-0.05, 0) is 26.0 Å². The molecular formula is C12H15ClN4. The highest BCUT2D eigenvalue weighted by molar-refractivity contribution is 6.31. The molecule has 2 aromatic rings. The Hall–Kier alpha value is -1.55. The minimum atomic E-state index is 0.643. The van der Waals surface area contributed by atoms with Gasteiger partial charge in [0.2, 0.25) is 0 Å². The number of hydrogen-bond donors (Lipinski definition) is 1. The fourth-order valence-electron chi connectivity index (χ4n) is 1.61. The van der Waals surface area contributed by atoms with E-state index in [1.165, 1.54) is 0 Å². The Bertz CT molecular complexity index is 507. The van der Waals surface area contributed by atoms with E-state index in [1.54, 1.807) is 6.20 Å². The maximum absolute atomic E-state index is 6.14. The molecule has 0 fully saturated rings. The molecule has 0 aliphatic heterocycles. The first-order valence-electron chi connectivity index (χ1n) is 5.57. The van der Waals surface area contributed by atoms with Crippen LogP contribution in [-0.2, 0) is 6.54 Å². The molecule has 0 saturated heterocycles. The second-order valence-corrected chi connectivity index (χ2v) is 4.16. The zero-order valence-electron chi connectivity index (χ0n) is 9.94. The summed E-state index contributed by atoms with van der Waals surface area (Å²) < 4.78 is 2.02. The van der Waals surface area contributed by atoms with Crippen molar-refractivity contribution in [3.05, 3.63) is 41.1 Å². The molecule has 0 spiro atoms. The van der Waals surface area contributed by atoms with E-state index in [4.69, 9.17) is 11.6 Å². The molecule has 0 saturated carbocycles. The predicted octanol–water partition coefficient (Wildman–Crippen LogP) is 2.72. The fraction of sp³-hybridized carbons (Fsp3) is 0.333. The van der Waals surface area contributed by atoms with Gasteiger partial charge >= 0.3 is 0 Å². The number of aromatic nitrogens is 3. The Morgan fingerprint density at radius 2 is 2.24 bits per heavy atom. The molecule has 0 radical (unpaired) electrons. The highest BCUT2D eigenvalue weighted by atomic mass is 35.5. The number of anilines is 1. The third-order valence-electron chi connectivity index (χ3n) is 2.52. The minimum Gasteiger partial charge on any atom is -0.370 e. The average molecular weight is 251 g/mol. The maximum atomic E-state index is 6.14. The van der Waals surface area contributed by atoms with Gasteiger partial charge in [0, 0.05) is 18.9 Å². The summed E-state index contributed by atoms with van der Waals surface area (Å²) in [6, 6.07) is 3.75. The zero-order chi connectivity index (χ0) is 12.3. The summed E-state index contributed by atoms with van der Waals surface area (Å²) in [5, 5.41) is 3.86. The van der Waals surface area contributed by atoms with Crippen LogP contribution in [0.15, 0.2) is 24.5 Å². The van der Waals surface area contributed by atoms with E-state index < -0.39 is 0 Å². The topological polar surface area (TPSA) is 42.7 Å². The van der Waals surface area contributed by atoms with Gasteiger partial charge in [-0.15, -0.1) is 0 Å². The summed E-state index contributed by atoms with van der Waals surface area (Å²) in [5.74, 6) is 1.81. The van der Waals surface area contributed by atoms with Gasteiger partial charge in [0.05, 0.1) is 17.3 Å². The van der Waals surface area contributed by atoms with Crippen molar-refractivity contribution in [2.45, 2.75) is 20.4 Å². The van der Waals surface area contributed by atoms with E-state index in [0.717, 1.165) is 23.9 Å². The second kappa shape index (κ2) is 5.19. The lowest BCUT2D eigenvalue weighted by atomic mass is 10.3. The van der Waals surface area contributed by atoms with E-state index in [9.17, 15) is 0 Å². The molecule has 2 aromatic heterocycles. The molecule has 4 nitrogen and oxygen atoms in total. The number of imidazole rings is 1. The Kier molecular flexibility index (Phi) is 3.64. The van der Waals surface area contributed by atoms with E-state index in [1.807, 2.05) is 36.7 Å². The fourth-order valence-corrected chi connectivity index (χ4v) is 1.77. The Morgan fingerprint density at radius 3 is 2.88 bits per heavy atom.